The normalized spacial score (nSPS) is 15.9. The summed E-state index contributed by atoms with van der Waals surface area (Å²) in [6, 6.07) is -0.935. The fraction of sp³-hybridized carbons (Fsp3) is 0.875. The second-order valence-corrected chi connectivity index (χ2v) is 3.12. The SMILES string of the molecule is COC(=O)[C@@H](N)CCCC(O)C(F)(F)F. The number of ether oxygens (including phenoxy) is 1. The molecule has 0 fully saturated rings. The van der Waals surface area contributed by atoms with E-state index in [0.717, 1.165) is 7.11 Å². The van der Waals surface area contributed by atoms with E-state index < -0.39 is 30.7 Å². The topological polar surface area (TPSA) is 72.5 Å². The first kappa shape index (κ1) is 14.2. The van der Waals surface area contributed by atoms with Crippen molar-refractivity contribution in [2.24, 2.45) is 5.73 Å². The molecule has 0 radical (unpaired) electrons. The van der Waals surface area contributed by atoms with Crippen LogP contribution < -0.4 is 5.73 Å². The Labute approximate surface area is 85.2 Å². The van der Waals surface area contributed by atoms with Crippen LogP contribution in [-0.4, -0.2) is 36.5 Å². The average Bonchev–Trinajstić information content (AvgIpc) is 2.14. The number of nitrogens with two attached hydrogens (primary N) is 1. The van der Waals surface area contributed by atoms with Crippen LogP contribution in [0.3, 0.4) is 0 Å². The lowest BCUT2D eigenvalue weighted by Crippen LogP contribution is -2.33. The second-order valence-electron chi connectivity index (χ2n) is 3.12. The smallest absolute Gasteiger partial charge is 0.414 e. The third-order valence-electron chi connectivity index (χ3n) is 1.87. The Morgan fingerprint density at radius 1 is 1.47 bits per heavy atom. The number of esters is 1. The molecule has 1 unspecified atom stereocenters. The van der Waals surface area contributed by atoms with Crippen molar-refractivity contribution in [1.29, 1.82) is 0 Å². The van der Waals surface area contributed by atoms with Gasteiger partial charge in [0.1, 0.15) is 12.1 Å². The quantitative estimate of drug-likeness (QED) is 0.676. The molecule has 3 N–H and O–H groups in total. The molecule has 0 spiro atoms. The van der Waals surface area contributed by atoms with Gasteiger partial charge in [-0.05, 0) is 19.3 Å². The zero-order valence-corrected chi connectivity index (χ0v) is 8.25. The standard InChI is InChI=1S/C8H14F3NO3/c1-15-7(14)5(12)3-2-4-6(13)8(9,10)11/h5-6,13H,2-4,12H2,1H3/t5-,6?/m0/s1. The maximum Gasteiger partial charge on any atom is 0.414 e. The van der Waals surface area contributed by atoms with Gasteiger partial charge in [0, 0.05) is 0 Å². The molecule has 0 bridgehead atoms. The molecule has 2 atom stereocenters. The van der Waals surface area contributed by atoms with Gasteiger partial charge in [0.2, 0.25) is 0 Å². The summed E-state index contributed by atoms with van der Waals surface area (Å²) in [7, 11) is 1.15. The lowest BCUT2D eigenvalue weighted by molar-refractivity contribution is -0.205. The zero-order chi connectivity index (χ0) is 12.1. The molecule has 0 rings (SSSR count). The molecule has 90 valence electrons. The summed E-state index contributed by atoms with van der Waals surface area (Å²) in [6.45, 7) is 0. The number of rotatable bonds is 5. The Balaban J connectivity index is 3.76. The van der Waals surface area contributed by atoms with Crippen LogP contribution in [0.15, 0.2) is 0 Å². The highest BCUT2D eigenvalue weighted by molar-refractivity contribution is 5.75. The lowest BCUT2D eigenvalue weighted by atomic mass is 10.1. The maximum atomic E-state index is 11.8. The van der Waals surface area contributed by atoms with Gasteiger partial charge in [0.15, 0.2) is 0 Å². The summed E-state index contributed by atoms with van der Waals surface area (Å²) in [6.07, 6.45) is -7.37. The molecule has 0 saturated heterocycles. The first-order valence-electron chi connectivity index (χ1n) is 4.37. The first-order chi connectivity index (χ1) is 6.79. The minimum atomic E-state index is -4.62. The predicted molar refractivity (Wildman–Crippen MR) is 45.9 cm³/mol. The Morgan fingerprint density at radius 3 is 2.40 bits per heavy atom. The van der Waals surface area contributed by atoms with Gasteiger partial charge in [-0.2, -0.15) is 13.2 Å². The second kappa shape index (κ2) is 5.92. The van der Waals surface area contributed by atoms with Crippen molar-refractivity contribution >= 4 is 5.97 Å². The van der Waals surface area contributed by atoms with Crippen molar-refractivity contribution in [3.63, 3.8) is 0 Å². The number of hydrogen-bond acceptors (Lipinski definition) is 4. The number of halogens is 3. The molecule has 0 heterocycles. The molecular formula is C8H14F3NO3. The van der Waals surface area contributed by atoms with E-state index >= 15 is 0 Å². The average molecular weight is 229 g/mol. The first-order valence-corrected chi connectivity index (χ1v) is 4.37. The van der Waals surface area contributed by atoms with Gasteiger partial charge in [-0.1, -0.05) is 0 Å². The molecule has 0 aromatic heterocycles. The van der Waals surface area contributed by atoms with Gasteiger partial charge >= 0.3 is 12.1 Å². The Bertz CT molecular complexity index is 208. The zero-order valence-electron chi connectivity index (χ0n) is 8.25. The molecule has 15 heavy (non-hydrogen) atoms. The van der Waals surface area contributed by atoms with Gasteiger partial charge in [0.05, 0.1) is 7.11 Å². The van der Waals surface area contributed by atoms with E-state index in [2.05, 4.69) is 4.74 Å². The van der Waals surface area contributed by atoms with Gasteiger partial charge in [-0.15, -0.1) is 0 Å². The number of hydrogen-bond donors (Lipinski definition) is 2. The molecule has 4 nitrogen and oxygen atoms in total. The van der Waals surface area contributed by atoms with E-state index in [4.69, 9.17) is 10.8 Å². The van der Waals surface area contributed by atoms with E-state index in [9.17, 15) is 18.0 Å². The van der Waals surface area contributed by atoms with Gasteiger partial charge in [0.25, 0.3) is 0 Å². The molecule has 0 saturated carbocycles. The third kappa shape index (κ3) is 5.58. The van der Waals surface area contributed by atoms with Crippen molar-refractivity contribution < 1.29 is 27.8 Å². The van der Waals surface area contributed by atoms with Crippen molar-refractivity contribution in [3.8, 4) is 0 Å². The minimum absolute atomic E-state index is 0.0109. The van der Waals surface area contributed by atoms with Crippen LogP contribution in [0.5, 0.6) is 0 Å². The monoisotopic (exact) mass is 229 g/mol. The van der Waals surface area contributed by atoms with E-state index in [1.165, 1.54) is 0 Å². The summed E-state index contributed by atoms with van der Waals surface area (Å²) in [5.74, 6) is -0.670. The van der Waals surface area contributed by atoms with Crippen LogP contribution in [0.2, 0.25) is 0 Å². The fourth-order valence-corrected chi connectivity index (χ4v) is 0.964. The van der Waals surface area contributed by atoms with Crippen molar-refractivity contribution in [2.75, 3.05) is 7.11 Å². The van der Waals surface area contributed by atoms with Gasteiger partial charge in [-0.3, -0.25) is 4.79 Å². The number of carbonyl (C=O) groups is 1. The molecule has 0 aromatic carbocycles. The van der Waals surface area contributed by atoms with E-state index in [-0.39, 0.29) is 12.8 Å². The Morgan fingerprint density at radius 2 is 2.00 bits per heavy atom. The van der Waals surface area contributed by atoms with Crippen LogP contribution in [0, 0.1) is 0 Å². The summed E-state index contributed by atoms with van der Waals surface area (Å²) in [5, 5.41) is 8.61. The van der Waals surface area contributed by atoms with E-state index in [1.807, 2.05) is 0 Å². The third-order valence-corrected chi connectivity index (χ3v) is 1.87. The van der Waals surface area contributed by atoms with Crippen LogP contribution in [0.4, 0.5) is 13.2 Å². The molecule has 0 aromatic rings. The Hall–Kier alpha value is -0.820. The number of aliphatic hydroxyl groups excluding tert-OH is 1. The largest absolute Gasteiger partial charge is 0.468 e. The number of aliphatic hydroxyl groups is 1. The van der Waals surface area contributed by atoms with Gasteiger partial charge in [-0.25, -0.2) is 0 Å². The van der Waals surface area contributed by atoms with E-state index in [1.54, 1.807) is 0 Å². The number of methoxy groups -OCH3 is 1. The molecule has 7 heteroatoms. The Kier molecular flexibility index (Phi) is 5.59. The summed E-state index contributed by atoms with van der Waals surface area (Å²) in [5.41, 5.74) is 5.29. The van der Waals surface area contributed by atoms with Crippen molar-refractivity contribution in [2.45, 2.75) is 37.6 Å². The molecule has 0 aliphatic rings. The molecule has 0 aliphatic heterocycles. The highest BCUT2D eigenvalue weighted by atomic mass is 19.4. The highest BCUT2D eigenvalue weighted by Gasteiger charge is 2.37. The van der Waals surface area contributed by atoms with Crippen LogP contribution >= 0.6 is 0 Å². The lowest BCUT2D eigenvalue weighted by Gasteiger charge is -2.15. The fourth-order valence-electron chi connectivity index (χ4n) is 0.964. The van der Waals surface area contributed by atoms with Crippen molar-refractivity contribution in [3.05, 3.63) is 0 Å². The highest BCUT2D eigenvalue weighted by Crippen LogP contribution is 2.23. The number of carbonyl (C=O) groups excluding carboxylic acids is 1. The summed E-state index contributed by atoms with van der Waals surface area (Å²) in [4.78, 5) is 10.8. The van der Waals surface area contributed by atoms with Gasteiger partial charge < -0.3 is 15.6 Å². The molecule has 0 aliphatic carbocycles. The minimum Gasteiger partial charge on any atom is -0.468 e. The summed E-state index contributed by atoms with van der Waals surface area (Å²) < 4.78 is 39.8. The predicted octanol–water partition coefficient (Wildman–Crippen LogP) is 0.580. The van der Waals surface area contributed by atoms with E-state index in [0.29, 0.717) is 0 Å². The summed E-state index contributed by atoms with van der Waals surface area (Å²) >= 11 is 0. The number of alkyl halides is 3. The van der Waals surface area contributed by atoms with Crippen LogP contribution in [0.25, 0.3) is 0 Å². The van der Waals surface area contributed by atoms with Crippen molar-refractivity contribution in [1.82, 2.24) is 0 Å². The molecular weight excluding hydrogens is 215 g/mol. The maximum absolute atomic E-state index is 11.8. The van der Waals surface area contributed by atoms with Crippen LogP contribution in [0.1, 0.15) is 19.3 Å². The van der Waals surface area contributed by atoms with Crippen LogP contribution in [-0.2, 0) is 9.53 Å². The molecule has 0 amide bonds.